The van der Waals surface area contributed by atoms with Crippen LogP contribution < -0.4 is 3.27 Å². The van der Waals surface area contributed by atoms with Crippen LogP contribution in [-0.2, 0) is 40.5 Å². The van der Waals surface area contributed by atoms with Crippen molar-refractivity contribution in [1.29, 1.82) is 0 Å². The monoisotopic (exact) mass is 870 g/mol. The van der Waals surface area contributed by atoms with Crippen LogP contribution in [0.2, 0.25) is 39.3 Å². The predicted molar refractivity (Wildman–Crippen MR) is 247 cm³/mol. The van der Waals surface area contributed by atoms with Gasteiger partial charge in [0.25, 0.3) is 0 Å². The SMILES string of the molecule is CCCC(c1cc2c(cc1C)Cc1c-2cc(C(CCC)[Si](C)(C)C)c(C)[c]1[Zr]([C]1=CC=CC1)=[C](Cc1ccccc1)Cc1ccccc1)[Si](C)(C)C.Cl.Cl. The molecule has 0 heterocycles. The standard InChI is InChI=1S/C29H45Si2.C15H14.C5H5.2ClH.Zr/c1-11-13-28(30(5,6)7)24-18-26-22(15-20(24)3)17-23-16-21(4)25(19-27(23)26)29(14-12-2)31(8,9)10;1-3-8-14(9-4-1)12-7-13-15-10-5-2-6-11-15;1-2-4-5-3-1;;;/h15,18-19,28-29H,11-14,17H2,1-10H3;1-6,8-11H,12-13H2;1-3H,4H2;2*1H;. The van der Waals surface area contributed by atoms with Crippen molar-refractivity contribution in [2.75, 3.05) is 0 Å². The van der Waals surface area contributed by atoms with Gasteiger partial charge in [-0.1, -0.05) is 0 Å². The van der Waals surface area contributed by atoms with E-state index in [4.69, 9.17) is 0 Å². The van der Waals surface area contributed by atoms with E-state index >= 15 is 0 Å². The van der Waals surface area contributed by atoms with Gasteiger partial charge in [-0.25, -0.2) is 0 Å². The number of allylic oxidation sites excluding steroid dienone is 4. The van der Waals surface area contributed by atoms with E-state index in [9.17, 15) is 0 Å². The number of fused-ring (bicyclic) bond motifs is 3. The molecule has 0 bridgehead atoms. The number of benzene rings is 4. The Labute approximate surface area is 351 Å². The van der Waals surface area contributed by atoms with Crippen LogP contribution in [-0.4, -0.2) is 19.4 Å². The van der Waals surface area contributed by atoms with E-state index in [0.717, 1.165) is 25.7 Å². The summed E-state index contributed by atoms with van der Waals surface area (Å²) in [6.45, 7) is 25.4. The Bertz CT molecular complexity index is 1950. The molecule has 288 valence electrons. The van der Waals surface area contributed by atoms with Crippen LogP contribution in [0.15, 0.2) is 100 Å². The maximum Gasteiger partial charge on any atom is -0.147 e. The molecule has 0 radical (unpaired) electrons. The number of rotatable bonds is 14. The van der Waals surface area contributed by atoms with Crippen molar-refractivity contribution in [2.24, 2.45) is 0 Å². The summed E-state index contributed by atoms with van der Waals surface area (Å²) in [7, 11) is -2.94. The fourth-order valence-corrected chi connectivity index (χ4v) is 23.0. The minimum atomic E-state index is -2.67. The zero-order valence-electron chi connectivity index (χ0n) is 34.9. The van der Waals surface area contributed by atoms with Crippen molar-refractivity contribution in [1.82, 2.24) is 0 Å². The average molecular weight is 873 g/mol. The van der Waals surface area contributed by atoms with Gasteiger partial charge in [0.05, 0.1) is 0 Å². The van der Waals surface area contributed by atoms with E-state index in [-0.39, 0.29) is 24.8 Å². The number of hydrogen-bond donors (Lipinski definition) is 0. The second-order valence-corrected chi connectivity index (χ2v) is 35.3. The van der Waals surface area contributed by atoms with Crippen molar-refractivity contribution in [2.45, 2.75) is 129 Å². The zero-order valence-corrected chi connectivity index (χ0v) is 41.0. The molecule has 4 aromatic carbocycles. The van der Waals surface area contributed by atoms with Crippen molar-refractivity contribution in [3.63, 3.8) is 0 Å². The van der Waals surface area contributed by atoms with Gasteiger partial charge in [-0.05, 0) is 0 Å². The summed E-state index contributed by atoms with van der Waals surface area (Å²) in [6, 6.07) is 30.9. The minimum absolute atomic E-state index is 0. The molecule has 2 aliphatic carbocycles. The molecule has 6 rings (SSSR count). The van der Waals surface area contributed by atoms with Gasteiger partial charge in [0.1, 0.15) is 0 Å². The topological polar surface area (TPSA) is 0 Å². The summed E-state index contributed by atoms with van der Waals surface area (Å²) in [5.74, 6) is 0. The van der Waals surface area contributed by atoms with Crippen molar-refractivity contribution >= 4 is 47.4 Å². The Morgan fingerprint density at radius 1 is 0.685 bits per heavy atom. The van der Waals surface area contributed by atoms with Crippen LogP contribution in [0.4, 0.5) is 0 Å². The first-order valence-corrected chi connectivity index (χ1v) is 31.1. The fraction of sp³-hybridized carbons (Fsp3) is 0.408. The molecule has 0 N–H and O–H groups in total. The van der Waals surface area contributed by atoms with Crippen LogP contribution in [0.1, 0.15) is 102 Å². The van der Waals surface area contributed by atoms with Gasteiger partial charge in [0.2, 0.25) is 0 Å². The van der Waals surface area contributed by atoms with E-state index in [1.165, 1.54) is 42.4 Å². The van der Waals surface area contributed by atoms with Gasteiger partial charge in [0.15, 0.2) is 0 Å². The molecule has 0 saturated heterocycles. The molecule has 0 nitrogen and oxygen atoms in total. The van der Waals surface area contributed by atoms with Gasteiger partial charge in [-0.3, -0.25) is 0 Å². The molecular formula is C49H66Cl2Si2Zr. The summed E-state index contributed by atoms with van der Waals surface area (Å²) in [5.41, 5.74) is 17.3. The molecule has 0 saturated carbocycles. The summed E-state index contributed by atoms with van der Waals surface area (Å²) >= 11 is -2.67. The third kappa shape index (κ3) is 9.80. The molecule has 0 aliphatic heterocycles. The largest absolute Gasteiger partial charge is 0.147 e. The third-order valence-corrected chi connectivity index (χ3v) is 25.5. The first kappa shape index (κ1) is 44.8. The van der Waals surface area contributed by atoms with E-state index < -0.39 is 37.4 Å². The second kappa shape index (κ2) is 19.0. The first-order valence-electron chi connectivity index (χ1n) is 20.3. The second-order valence-electron chi connectivity index (χ2n) is 18.1. The normalized spacial score (nSPS) is 14.4. The molecule has 2 aliphatic rings. The van der Waals surface area contributed by atoms with Crippen LogP contribution >= 0.6 is 24.8 Å². The first-order chi connectivity index (χ1) is 24.8. The van der Waals surface area contributed by atoms with E-state index in [1.807, 2.05) is 6.48 Å². The predicted octanol–water partition coefficient (Wildman–Crippen LogP) is 14.0. The summed E-state index contributed by atoms with van der Waals surface area (Å²) < 4.78 is 5.42. The molecule has 0 amide bonds. The summed E-state index contributed by atoms with van der Waals surface area (Å²) in [6.07, 6.45) is 16.8. The molecular weight excluding hydrogens is 807 g/mol. The van der Waals surface area contributed by atoms with Crippen molar-refractivity contribution < 1.29 is 21.3 Å². The van der Waals surface area contributed by atoms with E-state index in [2.05, 4.69) is 164 Å². The average Bonchev–Trinajstić information content (AvgIpc) is 3.75. The number of hydrogen-bond acceptors (Lipinski definition) is 0. The molecule has 2 atom stereocenters. The van der Waals surface area contributed by atoms with Crippen molar-refractivity contribution in [3.05, 3.63) is 145 Å². The molecule has 54 heavy (non-hydrogen) atoms. The van der Waals surface area contributed by atoms with Gasteiger partial charge in [0, 0.05) is 0 Å². The molecule has 0 spiro atoms. The van der Waals surface area contributed by atoms with Gasteiger partial charge in [-0.2, -0.15) is 0 Å². The van der Waals surface area contributed by atoms with E-state index in [0.29, 0.717) is 11.1 Å². The minimum Gasteiger partial charge on any atom is -0.147 e. The smallest absolute Gasteiger partial charge is 0.147 e. The molecule has 0 aromatic heterocycles. The van der Waals surface area contributed by atoms with Crippen LogP contribution in [0.25, 0.3) is 11.1 Å². The number of halogens is 2. The maximum atomic E-state index is 2.76. The molecule has 2 unspecified atom stereocenters. The van der Waals surface area contributed by atoms with Crippen molar-refractivity contribution in [3.8, 4) is 11.1 Å². The number of aryl methyl sites for hydroxylation is 1. The van der Waals surface area contributed by atoms with Gasteiger partial charge < -0.3 is 0 Å². The van der Waals surface area contributed by atoms with Crippen LogP contribution in [0, 0.1) is 13.8 Å². The Morgan fingerprint density at radius 2 is 1.20 bits per heavy atom. The molecule has 0 fully saturated rings. The molecule has 5 heteroatoms. The van der Waals surface area contributed by atoms with E-state index in [1.54, 1.807) is 42.2 Å². The maximum absolute atomic E-state index is 2.76. The van der Waals surface area contributed by atoms with Gasteiger partial charge in [-0.15, -0.1) is 24.8 Å². The fourth-order valence-electron chi connectivity index (χ4n) is 9.54. The molecule has 4 aromatic rings. The Morgan fingerprint density at radius 3 is 1.69 bits per heavy atom. The van der Waals surface area contributed by atoms with Crippen LogP contribution in [0.5, 0.6) is 0 Å². The Hall–Kier alpha value is -1.87. The summed E-state index contributed by atoms with van der Waals surface area (Å²) in [5, 5.41) is 0. The quantitative estimate of drug-likeness (QED) is 0.0976. The van der Waals surface area contributed by atoms with Crippen LogP contribution in [0.3, 0.4) is 0 Å². The Kier molecular flexibility index (Phi) is 15.8. The summed E-state index contributed by atoms with van der Waals surface area (Å²) in [4.78, 5) is 0. The Balaban J connectivity index is 0.00000325. The zero-order chi connectivity index (χ0) is 37.2. The van der Waals surface area contributed by atoms with Gasteiger partial charge >= 0.3 is 329 Å². The third-order valence-electron chi connectivity index (χ3n) is 12.1.